The monoisotopic (exact) mass is 369 g/mol. The normalized spacial score (nSPS) is 11.7. The first-order chi connectivity index (χ1) is 11.4. The molecule has 0 unspecified atom stereocenters. The van der Waals surface area contributed by atoms with Gasteiger partial charge in [-0.25, -0.2) is 9.18 Å². The van der Waals surface area contributed by atoms with Gasteiger partial charge in [0.05, 0.1) is 16.6 Å². The van der Waals surface area contributed by atoms with Crippen molar-refractivity contribution in [1.82, 2.24) is 5.32 Å². The van der Waals surface area contributed by atoms with E-state index < -0.39 is 24.3 Å². The van der Waals surface area contributed by atoms with E-state index in [9.17, 15) is 14.0 Å². The molecule has 0 aliphatic heterocycles. The predicted molar refractivity (Wildman–Crippen MR) is 89.7 cm³/mol. The first kappa shape index (κ1) is 18.2. The molecule has 4 nitrogen and oxygen atoms in total. The Bertz CT molecular complexity index is 767. The summed E-state index contributed by atoms with van der Waals surface area (Å²) in [6, 6.07) is 10.0. The van der Waals surface area contributed by atoms with Gasteiger partial charge in [0.25, 0.3) is 5.91 Å². The van der Waals surface area contributed by atoms with Crippen LogP contribution in [-0.2, 0) is 9.53 Å². The molecule has 126 valence electrons. The van der Waals surface area contributed by atoms with Gasteiger partial charge >= 0.3 is 5.97 Å². The SMILES string of the molecule is C[C@@H](NC(=O)COC(=O)c1ccc(F)cc1Cl)c1cccc(Cl)c1. The maximum Gasteiger partial charge on any atom is 0.340 e. The number of hydrogen-bond acceptors (Lipinski definition) is 3. The molecule has 1 atom stereocenters. The molecule has 1 N–H and O–H groups in total. The topological polar surface area (TPSA) is 55.4 Å². The van der Waals surface area contributed by atoms with Crippen molar-refractivity contribution >= 4 is 35.1 Å². The van der Waals surface area contributed by atoms with Gasteiger partial charge in [-0.05, 0) is 42.8 Å². The minimum Gasteiger partial charge on any atom is -0.452 e. The summed E-state index contributed by atoms with van der Waals surface area (Å²) in [6.45, 7) is 1.31. The summed E-state index contributed by atoms with van der Waals surface area (Å²) < 4.78 is 17.8. The van der Waals surface area contributed by atoms with Crippen LogP contribution in [0.3, 0.4) is 0 Å². The number of hydrogen-bond donors (Lipinski definition) is 1. The lowest BCUT2D eigenvalue weighted by atomic mass is 10.1. The van der Waals surface area contributed by atoms with E-state index in [4.69, 9.17) is 27.9 Å². The number of amides is 1. The lowest BCUT2D eigenvalue weighted by Gasteiger charge is -2.14. The lowest BCUT2D eigenvalue weighted by molar-refractivity contribution is -0.124. The number of ether oxygens (including phenoxy) is 1. The van der Waals surface area contributed by atoms with Crippen molar-refractivity contribution < 1.29 is 18.7 Å². The van der Waals surface area contributed by atoms with Crippen LogP contribution in [0.4, 0.5) is 4.39 Å². The van der Waals surface area contributed by atoms with Gasteiger partial charge in [0.2, 0.25) is 0 Å². The summed E-state index contributed by atoms with van der Waals surface area (Å²) in [7, 11) is 0. The van der Waals surface area contributed by atoms with Crippen molar-refractivity contribution in [2.75, 3.05) is 6.61 Å². The standard InChI is InChI=1S/C17H14Cl2FNO3/c1-10(11-3-2-4-12(18)7-11)21-16(22)9-24-17(23)14-6-5-13(20)8-15(14)19/h2-8,10H,9H2,1H3,(H,21,22)/t10-/m1/s1. The van der Waals surface area contributed by atoms with Crippen LogP contribution in [-0.4, -0.2) is 18.5 Å². The van der Waals surface area contributed by atoms with E-state index in [2.05, 4.69) is 5.32 Å². The van der Waals surface area contributed by atoms with E-state index in [-0.39, 0.29) is 16.6 Å². The highest BCUT2D eigenvalue weighted by Crippen LogP contribution is 2.19. The third kappa shape index (κ3) is 4.94. The van der Waals surface area contributed by atoms with E-state index in [0.717, 1.165) is 17.7 Å². The second kappa shape index (κ2) is 8.13. The summed E-state index contributed by atoms with van der Waals surface area (Å²) in [5.41, 5.74) is 0.817. The van der Waals surface area contributed by atoms with E-state index in [1.807, 2.05) is 6.07 Å². The summed E-state index contributed by atoms with van der Waals surface area (Å²) in [5.74, 6) is -1.84. The number of benzene rings is 2. The summed E-state index contributed by atoms with van der Waals surface area (Å²) >= 11 is 11.7. The van der Waals surface area contributed by atoms with Crippen LogP contribution in [0.25, 0.3) is 0 Å². The van der Waals surface area contributed by atoms with Crippen LogP contribution >= 0.6 is 23.2 Å². The van der Waals surface area contributed by atoms with E-state index in [0.29, 0.717) is 5.02 Å². The molecule has 0 aliphatic carbocycles. The van der Waals surface area contributed by atoms with Crippen LogP contribution in [0.1, 0.15) is 28.9 Å². The largest absolute Gasteiger partial charge is 0.452 e. The third-order valence-corrected chi connectivity index (χ3v) is 3.76. The molecule has 0 saturated carbocycles. The third-order valence-electron chi connectivity index (χ3n) is 3.21. The molecule has 24 heavy (non-hydrogen) atoms. The van der Waals surface area contributed by atoms with Crippen LogP contribution in [0.15, 0.2) is 42.5 Å². The number of carbonyl (C=O) groups excluding carboxylic acids is 2. The Hall–Kier alpha value is -2.11. The fourth-order valence-corrected chi connectivity index (χ4v) is 2.45. The van der Waals surface area contributed by atoms with Gasteiger partial charge in [0.1, 0.15) is 5.82 Å². The average molecular weight is 370 g/mol. The fourth-order valence-electron chi connectivity index (χ4n) is 2.01. The minimum absolute atomic E-state index is 0.00578. The Morgan fingerprint density at radius 2 is 1.96 bits per heavy atom. The molecule has 0 heterocycles. The van der Waals surface area contributed by atoms with Crippen molar-refractivity contribution in [3.05, 3.63) is 69.5 Å². The highest BCUT2D eigenvalue weighted by Gasteiger charge is 2.16. The molecule has 1 amide bonds. The van der Waals surface area contributed by atoms with Gasteiger partial charge in [-0.1, -0.05) is 35.3 Å². The zero-order valence-corrected chi connectivity index (χ0v) is 14.2. The van der Waals surface area contributed by atoms with Crippen molar-refractivity contribution in [3.8, 4) is 0 Å². The van der Waals surface area contributed by atoms with Crippen molar-refractivity contribution in [2.45, 2.75) is 13.0 Å². The molecule has 0 bridgehead atoms. The molecule has 0 spiro atoms. The molecule has 0 saturated heterocycles. The van der Waals surface area contributed by atoms with Crippen LogP contribution in [0.2, 0.25) is 10.0 Å². The predicted octanol–water partition coefficient (Wildman–Crippen LogP) is 4.17. The Labute approximate surface area is 148 Å². The number of esters is 1. The second-order valence-corrected chi connectivity index (χ2v) is 5.89. The zero-order chi connectivity index (χ0) is 17.7. The molecule has 7 heteroatoms. The molecule has 0 aromatic heterocycles. The van der Waals surface area contributed by atoms with Crippen LogP contribution in [0, 0.1) is 5.82 Å². The Kier molecular flexibility index (Phi) is 6.17. The molecule has 2 rings (SSSR count). The second-order valence-electron chi connectivity index (χ2n) is 5.04. The molecule has 2 aromatic carbocycles. The first-order valence-electron chi connectivity index (χ1n) is 7.04. The van der Waals surface area contributed by atoms with Gasteiger partial charge in [-0.3, -0.25) is 4.79 Å². The molecule has 0 radical (unpaired) electrons. The molecular weight excluding hydrogens is 356 g/mol. The van der Waals surface area contributed by atoms with Crippen LogP contribution < -0.4 is 5.32 Å². The van der Waals surface area contributed by atoms with Gasteiger partial charge in [-0.15, -0.1) is 0 Å². The Morgan fingerprint density at radius 3 is 2.62 bits per heavy atom. The van der Waals surface area contributed by atoms with E-state index >= 15 is 0 Å². The first-order valence-corrected chi connectivity index (χ1v) is 7.79. The van der Waals surface area contributed by atoms with Crippen molar-refractivity contribution in [2.24, 2.45) is 0 Å². The minimum atomic E-state index is -0.800. The van der Waals surface area contributed by atoms with Gasteiger partial charge < -0.3 is 10.1 Å². The quantitative estimate of drug-likeness (QED) is 0.804. The highest BCUT2D eigenvalue weighted by molar-refractivity contribution is 6.33. The Balaban J connectivity index is 1.89. The van der Waals surface area contributed by atoms with Crippen molar-refractivity contribution in [3.63, 3.8) is 0 Å². The summed E-state index contributed by atoms with van der Waals surface area (Å²) in [5, 5.41) is 3.17. The fraction of sp³-hybridized carbons (Fsp3) is 0.176. The Morgan fingerprint density at radius 1 is 1.21 bits per heavy atom. The lowest BCUT2D eigenvalue weighted by Crippen LogP contribution is -2.31. The van der Waals surface area contributed by atoms with Crippen LogP contribution in [0.5, 0.6) is 0 Å². The van der Waals surface area contributed by atoms with Gasteiger partial charge in [0, 0.05) is 5.02 Å². The van der Waals surface area contributed by atoms with Gasteiger partial charge in [-0.2, -0.15) is 0 Å². The highest BCUT2D eigenvalue weighted by atomic mass is 35.5. The van der Waals surface area contributed by atoms with Gasteiger partial charge in [0.15, 0.2) is 6.61 Å². The molecule has 0 fully saturated rings. The number of rotatable bonds is 5. The van der Waals surface area contributed by atoms with E-state index in [1.54, 1.807) is 25.1 Å². The molecule has 0 aliphatic rings. The maximum atomic E-state index is 12.9. The molecular formula is C17H14Cl2FNO3. The average Bonchev–Trinajstić information content (AvgIpc) is 2.52. The summed E-state index contributed by atoms with van der Waals surface area (Å²) in [6.07, 6.45) is 0. The zero-order valence-electron chi connectivity index (χ0n) is 12.7. The number of nitrogens with one attached hydrogen (secondary N) is 1. The maximum absolute atomic E-state index is 12.9. The van der Waals surface area contributed by atoms with E-state index in [1.165, 1.54) is 6.07 Å². The number of carbonyl (C=O) groups is 2. The van der Waals surface area contributed by atoms with Crippen molar-refractivity contribution in [1.29, 1.82) is 0 Å². The smallest absolute Gasteiger partial charge is 0.340 e. The molecule has 2 aromatic rings. The number of halogens is 3. The summed E-state index contributed by atoms with van der Waals surface area (Å²) in [4.78, 5) is 23.7.